The van der Waals surface area contributed by atoms with Crippen molar-refractivity contribution in [2.75, 3.05) is 13.7 Å². The van der Waals surface area contributed by atoms with Gasteiger partial charge in [0.15, 0.2) is 0 Å². The van der Waals surface area contributed by atoms with Gasteiger partial charge in [0.2, 0.25) is 0 Å². The maximum Gasteiger partial charge on any atom is 0.338 e. The summed E-state index contributed by atoms with van der Waals surface area (Å²) < 4.78 is 10.4. The number of nitrogens with zero attached hydrogens (tertiary/aromatic N) is 1. The first-order chi connectivity index (χ1) is 18.2. The van der Waals surface area contributed by atoms with Crippen molar-refractivity contribution in [2.45, 2.75) is 32.9 Å². The first-order valence-corrected chi connectivity index (χ1v) is 12.6. The number of benzene rings is 3. The number of carbonyl (C=O) groups excluding carboxylic acids is 3. The third kappa shape index (κ3) is 5.43. The third-order valence-electron chi connectivity index (χ3n) is 6.30. The fourth-order valence-corrected chi connectivity index (χ4v) is 4.68. The number of amides is 1. The van der Waals surface area contributed by atoms with Crippen molar-refractivity contribution in [1.82, 2.24) is 4.90 Å². The van der Waals surface area contributed by atoms with E-state index in [1.807, 2.05) is 38.1 Å². The number of hydrogen-bond donors (Lipinski definition) is 1. The average molecular weight is 534 g/mol. The van der Waals surface area contributed by atoms with Crippen LogP contribution in [0.5, 0.6) is 5.75 Å². The predicted octanol–water partition coefficient (Wildman–Crippen LogP) is 5.85. The van der Waals surface area contributed by atoms with Crippen LogP contribution >= 0.6 is 11.6 Å². The highest BCUT2D eigenvalue weighted by Gasteiger charge is 2.46. The topological polar surface area (TPSA) is 93.1 Å². The molecule has 1 fully saturated rings. The van der Waals surface area contributed by atoms with Gasteiger partial charge in [-0.05, 0) is 54.8 Å². The number of halogens is 1. The maximum atomic E-state index is 13.3. The predicted molar refractivity (Wildman–Crippen MR) is 144 cm³/mol. The molecule has 1 saturated heterocycles. The number of hydrogen-bond acceptors (Lipinski definition) is 6. The summed E-state index contributed by atoms with van der Waals surface area (Å²) in [4.78, 5) is 40.2. The van der Waals surface area contributed by atoms with Crippen LogP contribution in [0.1, 0.15) is 52.0 Å². The molecule has 1 aliphatic heterocycles. The van der Waals surface area contributed by atoms with E-state index in [0.717, 1.165) is 12.0 Å². The number of carbonyl (C=O) groups is 3. The number of esters is 1. The van der Waals surface area contributed by atoms with Crippen LogP contribution in [0.25, 0.3) is 5.76 Å². The van der Waals surface area contributed by atoms with Gasteiger partial charge in [0.05, 0.1) is 35.9 Å². The number of aryl methyl sites for hydroxylation is 1. The summed E-state index contributed by atoms with van der Waals surface area (Å²) in [5, 5.41) is 11.5. The van der Waals surface area contributed by atoms with E-state index in [0.29, 0.717) is 34.6 Å². The number of ether oxygens (including phenoxy) is 2. The lowest BCUT2D eigenvalue weighted by Crippen LogP contribution is -2.29. The van der Waals surface area contributed by atoms with Crippen LogP contribution < -0.4 is 4.74 Å². The van der Waals surface area contributed by atoms with Gasteiger partial charge >= 0.3 is 5.97 Å². The Balaban J connectivity index is 1.75. The van der Waals surface area contributed by atoms with Crippen molar-refractivity contribution in [1.29, 1.82) is 0 Å². The highest BCUT2D eigenvalue weighted by atomic mass is 35.5. The van der Waals surface area contributed by atoms with Crippen LogP contribution in [0.3, 0.4) is 0 Å². The van der Waals surface area contributed by atoms with Crippen molar-refractivity contribution >= 4 is 35.0 Å². The van der Waals surface area contributed by atoms with Gasteiger partial charge in [-0.25, -0.2) is 4.79 Å². The zero-order chi connectivity index (χ0) is 27.4. The first-order valence-electron chi connectivity index (χ1n) is 12.2. The smallest absolute Gasteiger partial charge is 0.338 e. The van der Waals surface area contributed by atoms with Crippen LogP contribution in [-0.4, -0.2) is 41.4 Å². The van der Waals surface area contributed by atoms with Gasteiger partial charge in [-0.2, -0.15) is 0 Å². The number of aliphatic hydroxyl groups excluding tert-OH is 1. The molecule has 0 saturated carbocycles. The SMILES string of the molecule is CCCOC(=O)c1ccc(CN2C(=O)C(=O)/C(=C(\O)c3ccc(OC)c(Cl)c3)C2c2cccc(C)c2)cc1. The van der Waals surface area contributed by atoms with Crippen molar-refractivity contribution < 1.29 is 29.0 Å². The summed E-state index contributed by atoms with van der Waals surface area (Å²) in [5.74, 6) is -1.85. The molecule has 1 heterocycles. The normalized spacial score (nSPS) is 16.5. The number of ketones is 1. The second-order valence-electron chi connectivity index (χ2n) is 9.02. The van der Waals surface area contributed by atoms with E-state index in [1.165, 1.54) is 18.1 Å². The molecule has 1 aliphatic rings. The number of rotatable bonds is 8. The lowest BCUT2D eigenvalue weighted by Gasteiger charge is -2.26. The van der Waals surface area contributed by atoms with Crippen LogP contribution in [0.4, 0.5) is 0 Å². The van der Waals surface area contributed by atoms with Crippen LogP contribution in [0.2, 0.25) is 5.02 Å². The lowest BCUT2D eigenvalue weighted by atomic mass is 9.94. The Morgan fingerprint density at radius 1 is 1.03 bits per heavy atom. The van der Waals surface area contributed by atoms with Crippen molar-refractivity contribution in [3.8, 4) is 5.75 Å². The van der Waals surface area contributed by atoms with Crippen molar-refractivity contribution in [3.63, 3.8) is 0 Å². The van der Waals surface area contributed by atoms with Gasteiger partial charge in [0.25, 0.3) is 11.7 Å². The highest BCUT2D eigenvalue weighted by Crippen LogP contribution is 2.41. The lowest BCUT2D eigenvalue weighted by molar-refractivity contribution is -0.140. The van der Waals surface area contributed by atoms with E-state index in [9.17, 15) is 19.5 Å². The van der Waals surface area contributed by atoms with Crippen LogP contribution in [-0.2, 0) is 20.9 Å². The van der Waals surface area contributed by atoms with E-state index >= 15 is 0 Å². The Morgan fingerprint density at radius 2 is 1.74 bits per heavy atom. The van der Waals surface area contributed by atoms with Gasteiger partial charge < -0.3 is 19.5 Å². The number of methoxy groups -OCH3 is 1. The van der Waals surface area contributed by atoms with Crippen LogP contribution in [0.15, 0.2) is 72.3 Å². The molecular formula is C30H28ClNO6. The monoisotopic (exact) mass is 533 g/mol. The molecule has 0 aliphatic carbocycles. The Labute approximate surface area is 226 Å². The summed E-state index contributed by atoms with van der Waals surface area (Å²) in [5.41, 5.74) is 3.00. The summed E-state index contributed by atoms with van der Waals surface area (Å²) in [7, 11) is 1.48. The van der Waals surface area contributed by atoms with E-state index in [1.54, 1.807) is 36.4 Å². The van der Waals surface area contributed by atoms with Gasteiger partial charge in [0.1, 0.15) is 11.5 Å². The molecule has 196 valence electrons. The quantitative estimate of drug-likeness (QED) is 0.169. The average Bonchev–Trinajstić information content (AvgIpc) is 3.16. The summed E-state index contributed by atoms with van der Waals surface area (Å²) >= 11 is 6.26. The maximum absolute atomic E-state index is 13.3. The van der Waals surface area contributed by atoms with Gasteiger partial charge in [-0.1, -0.05) is 60.5 Å². The summed E-state index contributed by atoms with van der Waals surface area (Å²) in [6.45, 7) is 4.25. The largest absolute Gasteiger partial charge is 0.507 e. The molecule has 8 heteroatoms. The fraction of sp³-hybridized carbons (Fsp3) is 0.233. The van der Waals surface area contributed by atoms with E-state index < -0.39 is 23.7 Å². The van der Waals surface area contributed by atoms with E-state index in [-0.39, 0.29) is 22.9 Å². The minimum atomic E-state index is -0.829. The molecule has 4 rings (SSSR count). The Kier molecular flexibility index (Phi) is 8.17. The molecule has 3 aromatic carbocycles. The van der Waals surface area contributed by atoms with Gasteiger partial charge in [-0.3, -0.25) is 9.59 Å². The molecule has 0 aromatic heterocycles. The van der Waals surface area contributed by atoms with Crippen LogP contribution in [0, 0.1) is 6.92 Å². The number of Topliss-reactive ketones (excluding diaryl/α,β-unsaturated/α-hetero) is 1. The Hall–Kier alpha value is -4.10. The standard InChI is InChI=1S/C30H28ClNO6/c1-4-14-38-30(36)20-10-8-19(9-11-20)17-32-26(21-7-5-6-18(2)15-21)25(28(34)29(32)35)27(33)22-12-13-24(37-3)23(31)16-22/h5-13,15-16,26,33H,4,14,17H2,1-3H3/b27-25-. The molecule has 3 aromatic rings. The molecule has 0 spiro atoms. The van der Waals surface area contributed by atoms with E-state index in [4.69, 9.17) is 21.1 Å². The molecule has 38 heavy (non-hydrogen) atoms. The van der Waals surface area contributed by atoms with Crippen molar-refractivity contribution in [3.05, 3.63) is 105 Å². The zero-order valence-electron chi connectivity index (χ0n) is 21.4. The molecule has 7 nitrogen and oxygen atoms in total. The van der Waals surface area contributed by atoms with Crippen molar-refractivity contribution in [2.24, 2.45) is 0 Å². The molecule has 0 radical (unpaired) electrons. The molecule has 1 atom stereocenters. The fourth-order valence-electron chi connectivity index (χ4n) is 4.42. The zero-order valence-corrected chi connectivity index (χ0v) is 22.1. The van der Waals surface area contributed by atoms with Gasteiger partial charge in [0, 0.05) is 12.1 Å². The molecule has 1 N–H and O–H groups in total. The van der Waals surface area contributed by atoms with Gasteiger partial charge in [-0.15, -0.1) is 0 Å². The second-order valence-corrected chi connectivity index (χ2v) is 9.43. The first kappa shape index (κ1) is 26.9. The third-order valence-corrected chi connectivity index (χ3v) is 6.60. The number of aliphatic hydroxyl groups is 1. The molecular weight excluding hydrogens is 506 g/mol. The van der Waals surface area contributed by atoms with E-state index in [2.05, 4.69) is 0 Å². The molecule has 0 bridgehead atoms. The Morgan fingerprint density at radius 3 is 2.37 bits per heavy atom. The minimum Gasteiger partial charge on any atom is -0.507 e. The molecule has 1 amide bonds. The number of likely N-dealkylation sites (tertiary alicyclic amines) is 1. The summed E-state index contributed by atoms with van der Waals surface area (Å²) in [6.07, 6.45) is 0.723. The second kappa shape index (κ2) is 11.5. The highest BCUT2D eigenvalue weighted by molar-refractivity contribution is 6.46. The Bertz CT molecular complexity index is 1410. The molecule has 1 unspecified atom stereocenters. The summed E-state index contributed by atoms with van der Waals surface area (Å²) in [6, 6.07) is 18.0. The minimum absolute atomic E-state index is 0.0263.